The predicted octanol–water partition coefficient (Wildman–Crippen LogP) is -0.333. The maximum Gasteiger partial charge on any atom is 0.312 e. The van der Waals surface area contributed by atoms with Gasteiger partial charge in [-0.15, -0.1) is 0 Å². The molecule has 110 valence electrons. The van der Waals surface area contributed by atoms with Crippen molar-refractivity contribution in [2.45, 2.75) is 4.90 Å². The lowest BCUT2D eigenvalue weighted by atomic mass is 10.3. The summed E-state index contributed by atoms with van der Waals surface area (Å²) >= 11 is 0. The minimum Gasteiger partial charge on any atom is -0.502 e. The summed E-state index contributed by atoms with van der Waals surface area (Å²) in [4.78, 5) is 21.8. The summed E-state index contributed by atoms with van der Waals surface area (Å²) in [6.45, 7) is -0.468. The Morgan fingerprint density at radius 2 is 2.05 bits per heavy atom. The molecule has 1 amide bonds. The molecule has 0 saturated carbocycles. The van der Waals surface area contributed by atoms with Crippen LogP contribution in [-0.4, -0.2) is 49.9 Å². The number of benzene rings is 1. The number of rotatable bonds is 5. The molecule has 0 radical (unpaired) electrons. The van der Waals surface area contributed by atoms with Gasteiger partial charge in [-0.1, -0.05) is 0 Å². The summed E-state index contributed by atoms with van der Waals surface area (Å²) in [5, 5.41) is 19.9. The molecule has 0 aromatic heterocycles. The first kappa shape index (κ1) is 15.9. The van der Waals surface area contributed by atoms with Crippen molar-refractivity contribution in [1.29, 1.82) is 0 Å². The van der Waals surface area contributed by atoms with Crippen LogP contribution in [-0.2, 0) is 14.8 Å². The highest BCUT2D eigenvalue weighted by Gasteiger charge is 2.21. The topological polar surface area (TPSA) is 130 Å². The first-order valence-corrected chi connectivity index (χ1v) is 6.80. The number of phenolic OH excluding ortho intramolecular Hbond substituents is 1. The molecule has 0 saturated heterocycles. The number of likely N-dealkylation sites (N-methyl/N-ethyl adjacent to an activating group) is 1. The van der Waals surface area contributed by atoms with Crippen LogP contribution in [0.2, 0.25) is 0 Å². The van der Waals surface area contributed by atoms with E-state index in [0.29, 0.717) is 0 Å². The fourth-order valence-electron chi connectivity index (χ4n) is 1.21. The minimum atomic E-state index is -4.07. The SMILES string of the molecule is CN(C)C(=O)CNS(=O)(=O)c1ccc(O)c([N+](=O)[O-])c1. The molecule has 0 heterocycles. The van der Waals surface area contributed by atoms with Crippen LogP contribution in [0, 0.1) is 10.1 Å². The van der Waals surface area contributed by atoms with E-state index < -0.39 is 43.7 Å². The van der Waals surface area contributed by atoms with Crippen LogP contribution in [0.3, 0.4) is 0 Å². The molecule has 1 aromatic rings. The van der Waals surface area contributed by atoms with Crippen molar-refractivity contribution in [3.63, 3.8) is 0 Å². The summed E-state index contributed by atoms with van der Waals surface area (Å²) in [5.41, 5.74) is -0.730. The molecule has 0 aliphatic carbocycles. The van der Waals surface area contributed by atoms with Gasteiger partial charge in [0.1, 0.15) is 0 Å². The van der Waals surface area contributed by atoms with Crippen molar-refractivity contribution in [2.24, 2.45) is 0 Å². The Hall–Kier alpha value is -2.20. The van der Waals surface area contributed by atoms with Crippen molar-refractivity contribution in [3.05, 3.63) is 28.3 Å². The molecule has 2 N–H and O–H groups in total. The van der Waals surface area contributed by atoms with E-state index in [1.54, 1.807) is 0 Å². The zero-order valence-corrected chi connectivity index (χ0v) is 11.5. The third-order valence-corrected chi connectivity index (χ3v) is 3.77. The van der Waals surface area contributed by atoms with Crippen LogP contribution in [0.1, 0.15) is 0 Å². The van der Waals surface area contributed by atoms with Crippen LogP contribution in [0.5, 0.6) is 5.75 Å². The van der Waals surface area contributed by atoms with Gasteiger partial charge in [0.2, 0.25) is 15.9 Å². The Kier molecular flexibility index (Phi) is 4.63. The van der Waals surface area contributed by atoms with E-state index in [1.165, 1.54) is 19.0 Å². The number of sulfonamides is 1. The number of nitro benzene ring substituents is 1. The van der Waals surface area contributed by atoms with Crippen LogP contribution < -0.4 is 4.72 Å². The molecule has 0 unspecified atom stereocenters. The molecule has 0 aliphatic heterocycles. The fourth-order valence-corrected chi connectivity index (χ4v) is 2.21. The number of amides is 1. The lowest BCUT2D eigenvalue weighted by Gasteiger charge is -2.11. The summed E-state index contributed by atoms with van der Waals surface area (Å²) < 4.78 is 25.7. The molecule has 10 heteroatoms. The normalized spacial score (nSPS) is 11.1. The maximum atomic E-state index is 11.9. The Balaban J connectivity index is 3.02. The summed E-state index contributed by atoms with van der Waals surface area (Å²) in [5.74, 6) is -1.11. The Labute approximate surface area is 115 Å². The number of hydrogen-bond donors (Lipinski definition) is 2. The van der Waals surface area contributed by atoms with Gasteiger partial charge < -0.3 is 10.0 Å². The lowest BCUT2D eigenvalue weighted by Crippen LogP contribution is -2.36. The molecule has 0 fully saturated rings. The van der Waals surface area contributed by atoms with E-state index in [0.717, 1.165) is 18.2 Å². The van der Waals surface area contributed by atoms with Crippen molar-refractivity contribution in [2.75, 3.05) is 20.6 Å². The highest BCUT2D eigenvalue weighted by Crippen LogP contribution is 2.27. The maximum absolute atomic E-state index is 11.9. The summed E-state index contributed by atoms with van der Waals surface area (Å²) in [6, 6.07) is 2.63. The summed E-state index contributed by atoms with van der Waals surface area (Å²) in [6.07, 6.45) is 0. The van der Waals surface area contributed by atoms with Crippen molar-refractivity contribution in [3.8, 4) is 5.75 Å². The average Bonchev–Trinajstić information content (AvgIpc) is 2.35. The molecular formula is C10H13N3O6S. The van der Waals surface area contributed by atoms with Gasteiger partial charge in [-0.05, 0) is 12.1 Å². The van der Waals surface area contributed by atoms with E-state index in [2.05, 4.69) is 0 Å². The number of nitrogens with zero attached hydrogens (tertiary/aromatic N) is 2. The van der Waals surface area contributed by atoms with Gasteiger partial charge in [0, 0.05) is 20.2 Å². The van der Waals surface area contributed by atoms with Crippen LogP contribution in [0.25, 0.3) is 0 Å². The highest BCUT2D eigenvalue weighted by atomic mass is 32.2. The third kappa shape index (κ3) is 3.65. The number of carbonyl (C=O) groups excluding carboxylic acids is 1. The predicted molar refractivity (Wildman–Crippen MR) is 68.6 cm³/mol. The number of aromatic hydroxyl groups is 1. The molecule has 0 aliphatic rings. The number of nitro groups is 1. The van der Waals surface area contributed by atoms with E-state index in [4.69, 9.17) is 0 Å². The smallest absolute Gasteiger partial charge is 0.312 e. The van der Waals surface area contributed by atoms with Gasteiger partial charge in [-0.25, -0.2) is 13.1 Å². The Bertz CT molecular complexity index is 640. The van der Waals surface area contributed by atoms with E-state index in [-0.39, 0.29) is 0 Å². The van der Waals surface area contributed by atoms with Gasteiger partial charge in [0.25, 0.3) is 0 Å². The van der Waals surface area contributed by atoms with Crippen molar-refractivity contribution >= 4 is 21.6 Å². The van der Waals surface area contributed by atoms with Gasteiger partial charge >= 0.3 is 5.69 Å². The lowest BCUT2D eigenvalue weighted by molar-refractivity contribution is -0.386. The van der Waals surface area contributed by atoms with Crippen LogP contribution >= 0.6 is 0 Å². The van der Waals surface area contributed by atoms with Crippen LogP contribution in [0.15, 0.2) is 23.1 Å². The van der Waals surface area contributed by atoms with Gasteiger partial charge in [-0.2, -0.15) is 0 Å². The van der Waals surface area contributed by atoms with Crippen molar-refractivity contribution in [1.82, 2.24) is 9.62 Å². The molecule has 0 bridgehead atoms. The molecule has 0 atom stereocenters. The zero-order valence-electron chi connectivity index (χ0n) is 10.7. The monoisotopic (exact) mass is 303 g/mol. The second kappa shape index (κ2) is 5.84. The van der Waals surface area contributed by atoms with Crippen LogP contribution in [0.4, 0.5) is 5.69 Å². The van der Waals surface area contributed by atoms with E-state index >= 15 is 0 Å². The molecule has 9 nitrogen and oxygen atoms in total. The average molecular weight is 303 g/mol. The molecule has 0 spiro atoms. The number of phenols is 1. The van der Waals surface area contributed by atoms with E-state index in [1.807, 2.05) is 4.72 Å². The van der Waals surface area contributed by atoms with Gasteiger partial charge in [-0.3, -0.25) is 14.9 Å². The molecule has 20 heavy (non-hydrogen) atoms. The standard InChI is InChI=1S/C10H13N3O6S/c1-12(2)10(15)6-11-20(18,19)7-3-4-9(14)8(5-7)13(16)17/h3-5,11,14H,6H2,1-2H3. The highest BCUT2D eigenvalue weighted by molar-refractivity contribution is 7.89. The van der Waals surface area contributed by atoms with E-state index in [9.17, 15) is 28.4 Å². The second-order valence-electron chi connectivity index (χ2n) is 4.02. The van der Waals surface area contributed by atoms with Crippen molar-refractivity contribution < 1.29 is 23.2 Å². The largest absolute Gasteiger partial charge is 0.502 e. The molecule has 1 aromatic carbocycles. The number of carbonyl (C=O) groups is 1. The zero-order chi connectivity index (χ0) is 15.5. The summed E-state index contributed by atoms with van der Waals surface area (Å²) in [7, 11) is -1.15. The number of nitrogens with one attached hydrogen (secondary N) is 1. The quantitative estimate of drug-likeness (QED) is 0.565. The second-order valence-corrected chi connectivity index (χ2v) is 5.79. The molecular weight excluding hydrogens is 290 g/mol. The van der Waals surface area contributed by atoms with Gasteiger partial charge in [0.05, 0.1) is 16.4 Å². The first-order chi connectivity index (χ1) is 9.15. The first-order valence-electron chi connectivity index (χ1n) is 5.32. The number of hydrogen-bond acceptors (Lipinski definition) is 6. The minimum absolute atomic E-state index is 0.409. The molecule has 1 rings (SSSR count). The Morgan fingerprint density at radius 1 is 1.45 bits per heavy atom. The Morgan fingerprint density at radius 3 is 2.55 bits per heavy atom. The fraction of sp³-hybridized carbons (Fsp3) is 0.300. The van der Waals surface area contributed by atoms with Gasteiger partial charge in [0.15, 0.2) is 5.75 Å². The third-order valence-electron chi connectivity index (χ3n) is 2.37.